The summed E-state index contributed by atoms with van der Waals surface area (Å²) in [4.78, 5) is 17.9. The first-order valence-corrected chi connectivity index (χ1v) is 8.77. The summed E-state index contributed by atoms with van der Waals surface area (Å²) in [6.45, 7) is 8.31. The lowest BCUT2D eigenvalue weighted by Crippen LogP contribution is -2.62. The van der Waals surface area contributed by atoms with E-state index in [-0.39, 0.29) is 18.6 Å². The molecular formula is C17H30N2O4. The predicted octanol–water partition coefficient (Wildman–Crippen LogP) is 0.435. The van der Waals surface area contributed by atoms with Crippen molar-refractivity contribution in [3.8, 4) is 0 Å². The second kappa shape index (κ2) is 5.99. The lowest BCUT2D eigenvalue weighted by atomic mass is 9.45. The van der Waals surface area contributed by atoms with Gasteiger partial charge in [-0.1, -0.05) is 20.8 Å². The fourth-order valence-corrected chi connectivity index (χ4v) is 5.12. The maximum Gasteiger partial charge on any atom is 0.240 e. The van der Waals surface area contributed by atoms with Crippen molar-refractivity contribution < 1.29 is 19.8 Å². The van der Waals surface area contributed by atoms with E-state index in [4.69, 9.17) is 4.84 Å². The Morgan fingerprint density at radius 3 is 2.65 bits per heavy atom. The van der Waals surface area contributed by atoms with Gasteiger partial charge in [0.05, 0.1) is 12.7 Å². The van der Waals surface area contributed by atoms with Crippen LogP contribution in [0, 0.1) is 29.1 Å². The molecule has 6 nitrogen and oxygen atoms in total. The van der Waals surface area contributed by atoms with E-state index in [1.807, 2.05) is 0 Å². The van der Waals surface area contributed by atoms with Crippen LogP contribution in [-0.2, 0) is 9.63 Å². The van der Waals surface area contributed by atoms with E-state index in [0.29, 0.717) is 23.2 Å². The summed E-state index contributed by atoms with van der Waals surface area (Å²) in [7, 11) is 0. The Hall–Kier alpha value is -0.690. The first kappa shape index (κ1) is 17.1. The largest absolute Gasteiger partial charge is 0.394 e. The second-order valence-corrected chi connectivity index (χ2v) is 8.32. The number of rotatable bonds is 4. The molecule has 23 heavy (non-hydrogen) atoms. The first-order valence-electron chi connectivity index (χ1n) is 8.77. The van der Waals surface area contributed by atoms with Gasteiger partial charge < -0.3 is 15.5 Å². The summed E-state index contributed by atoms with van der Waals surface area (Å²) < 4.78 is 0. The van der Waals surface area contributed by atoms with E-state index < -0.39 is 24.2 Å². The Morgan fingerprint density at radius 2 is 2.13 bits per heavy atom. The van der Waals surface area contributed by atoms with Crippen LogP contribution in [0.3, 0.4) is 0 Å². The van der Waals surface area contributed by atoms with Crippen molar-refractivity contribution in [3.05, 3.63) is 0 Å². The molecule has 6 heteroatoms. The summed E-state index contributed by atoms with van der Waals surface area (Å²) in [6.07, 6.45) is 1.01. The molecule has 2 bridgehead atoms. The molecule has 0 aromatic heterocycles. The van der Waals surface area contributed by atoms with Gasteiger partial charge in [-0.2, -0.15) is 5.48 Å². The van der Waals surface area contributed by atoms with E-state index in [0.717, 1.165) is 6.42 Å². The topological polar surface area (TPSA) is 90.8 Å². The van der Waals surface area contributed by atoms with Crippen LogP contribution in [-0.4, -0.2) is 47.0 Å². The van der Waals surface area contributed by atoms with Crippen LogP contribution < -0.4 is 10.8 Å². The number of carbonyl (C=O) groups excluding carboxylic acids is 1. The van der Waals surface area contributed by atoms with Gasteiger partial charge in [0, 0.05) is 12.0 Å². The number of fused-ring (bicyclic) bond motifs is 2. The average Bonchev–Trinajstić information content (AvgIpc) is 2.92. The van der Waals surface area contributed by atoms with Crippen molar-refractivity contribution in [2.24, 2.45) is 29.1 Å². The standard InChI is InChI=1S/C17H30N2O4/c1-8-11-5-10(17(11,3)4)6-12(8)18-16(22)15-14(9(2)21)13(7-20)23-19-15/h8-15,19-21H,5-7H2,1-4H3,(H,18,22)/t8?,9-,10+,11-,12-,13-,14?,15-/m0/s1. The SMILES string of the molecule is CC1[C@@H](NC(=O)[C@H]2NO[C@@H](CO)C2[C@H](C)O)C[C@H]2C[C@@H]1C2(C)C. The molecule has 132 valence electrons. The van der Waals surface area contributed by atoms with Gasteiger partial charge in [-0.3, -0.25) is 9.63 Å². The third-order valence-corrected chi connectivity index (χ3v) is 6.86. The molecule has 4 rings (SSSR count). The van der Waals surface area contributed by atoms with E-state index in [1.165, 1.54) is 6.42 Å². The fraction of sp³-hybridized carbons (Fsp3) is 0.941. The van der Waals surface area contributed by atoms with Crippen molar-refractivity contribution in [2.75, 3.05) is 6.61 Å². The highest BCUT2D eigenvalue weighted by Gasteiger charge is 2.56. The highest BCUT2D eigenvalue weighted by Crippen LogP contribution is 2.61. The minimum Gasteiger partial charge on any atom is -0.394 e. The molecule has 1 heterocycles. The molecule has 8 atom stereocenters. The number of nitrogens with one attached hydrogen (secondary N) is 2. The zero-order chi connectivity index (χ0) is 16.9. The molecule has 0 radical (unpaired) electrons. The van der Waals surface area contributed by atoms with E-state index in [2.05, 4.69) is 31.6 Å². The number of aliphatic hydroxyl groups is 2. The molecule has 0 aromatic carbocycles. The van der Waals surface area contributed by atoms with Gasteiger partial charge in [-0.25, -0.2) is 0 Å². The fourth-order valence-electron chi connectivity index (χ4n) is 5.12. The number of aliphatic hydroxyl groups excluding tert-OH is 2. The van der Waals surface area contributed by atoms with E-state index in [1.54, 1.807) is 6.92 Å². The molecule has 1 saturated heterocycles. The third kappa shape index (κ3) is 2.69. The van der Waals surface area contributed by atoms with Crippen molar-refractivity contribution in [3.63, 3.8) is 0 Å². The summed E-state index contributed by atoms with van der Waals surface area (Å²) in [5.74, 6) is 1.23. The molecule has 1 amide bonds. The van der Waals surface area contributed by atoms with Crippen molar-refractivity contribution >= 4 is 5.91 Å². The Bertz CT molecular complexity index is 468. The Kier molecular flexibility index (Phi) is 4.46. The molecule has 4 fully saturated rings. The van der Waals surface area contributed by atoms with Crippen LogP contribution in [0.2, 0.25) is 0 Å². The minimum atomic E-state index is -0.728. The smallest absolute Gasteiger partial charge is 0.240 e. The van der Waals surface area contributed by atoms with Crippen LogP contribution in [0.15, 0.2) is 0 Å². The molecule has 4 aliphatic rings. The maximum atomic E-state index is 12.7. The molecular weight excluding hydrogens is 296 g/mol. The second-order valence-electron chi connectivity index (χ2n) is 8.32. The molecule has 3 aliphatic carbocycles. The monoisotopic (exact) mass is 326 g/mol. The lowest BCUT2D eigenvalue weighted by molar-refractivity contribution is -0.137. The van der Waals surface area contributed by atoms with Gasteiger partial charge in [0.2, 0.25) is 5.91 Å². The molecule has 1 aliphatic heterocycles. The number of carbonyl (C=O) groups is 1. The predicted molar refractivity (Wildman–Crippen MR) is 85.1 cm³/mol. The van der Waals surface area contributed by atoms with Crippen LogP contribution in [0.25, 0.3) is 0 Å². The van der Waals surface area contributed by atoms with Gasteiger partial charge in [0.25, 0.3) is 0 Å². The van der Waals surface area contributed by atoms with Crippen LogP contribution in [0.1, 0.15) is 40.5 Å². The van der Waals surface area contributed by atoms with Gasteiger partial charge in [-0.15, -0.1) is 0 Å². The molecule has 3 saturated carbocycles. The Morgan fingerprint density at radius 1 is 1.43 bits per heavy atom. The Labute approximate surface area is 137 Å². The number of amides is 1. The quantitative estimate of drug-likeness (QED) is 0.602. The van der Waals surface area contributed by atoms with Crippen LogP contribution in [0.5, 0.6) is 0 Å². The summed E-state index contributed by atoms with van der Waals surface area (Å²) in [5, 5.41) is 22.4. The van der Waals surface area contributed by atoms with Gasteiger partial charge in [0.1, 0.15) is 12.1 Å². The number of hydrogen-bond acceptors (Lipinski definition) is 5. The summed E-state index contributed by atoms with van der Waals surface area (Å²) in [6, 6.07) is -0.436. The summed E-state index contributed by atoms with van der Waals surface area (Å²) >= 11 is 0. The Balaban J connectivity index is 1.64. The normalized spacial score (nSPS) is 46.1. The lowest BCUT2D eigenvalue weighted by Gasteiger charge is -2.62. The molecule has 0 spiro atoms. The van der Waals surface area contributed by atoms with Crippen LogP contribution in [0.4, 0.5) is 0 Å². The zero-order valence-electron chi connectivity index (χ0n) is 14.5. The summed E-state index contributed by atoms with van der Waals surface area (Å²) in [5.41, 5.74) is 3.09. The highest BCUT2D eigenvalue weighted by atomic mass is 16.7. The minimum absolute atomic E-state index is 0.136. The van der Waals surface area contributed by atoms with E-state index in [9.17, 15) is 15.0 Å². The maximum absolute atomic E-state index is 12.7. The molecule has 0 aromatic rings. The van der Waals surface area contributed by atoms with Crippen molar-refractivity contribution in [1.82, 2.24) is 10.8 Å². The van der Waals surface area contributed by atoms with Crippen molar-refractivity contribution in [2.45, 2.75) is 64.8 Å². The van der Waals surface area contributed by atoms with Crippen LogP contribution >= 0.6 is 0 Å². The first-order chi connectivity index (χ1) is 10.8. The van der Waals surface area contributed by atoms with Gasteiger partial charge >= 0.3 is 0 Å². The number of hydrogen-bond donors (Lipinski definition) is 4. The van der Waals surface area contributed by atoms with Gasteiger partial charge in [0.15, 0.2) is 0 Å². The average molecular weight is 326 g/mol. The molecule has 4 N–H and O–H groups in total. The zero-order valence-corrected chi connectivity index (χ0v) is 14.5. The highest BCUT2D eigenvalue weighted by molar-refractivity contribution is 5.82. The molecule has 2 unspecified atom stereocenters. The third-order valence-electron chi connectivity index (χ3n) is 6.86. The van der Waals surface area contributed by atoms with Gasteiger partial charge in [-0.05, 0) is 42.9 Å². The number of hydroxylamine groups is 1. The van der Waals surface area contributed by atoms with E-state index >= 15 is 0 Å². The van der Waals surface area contributed by atoms with Crippen molar-refractivity contribution in [1.29, 1.82) is 0 Å².